The molecule has 0 aliphatic carbocycles. The van der Waals surface area contributed by atoms with E-state index in [2.05, 4.69) is 15.9 Å². The molecule has 18 heavy (non-hydrogen) atoms. The van der Waals surface area contributed by atoms with Crippen molar-refractivity contribution in [3.05, 3.63) is 68.9 Å². The molecule has 0 fully saturated rings. The van der Waals surface area contributed by atoms with Crippen LogP contribution >= 0.6 is 27.5 Å². The van der Waals surface area contributed by atoms with Crippen molar-refractivity contribution in [1.82, 2.24) is 0 Å². The van der Waals surface area contributed by atoms with E-state index in [1.54, 1.807) is 6.07 Å². The zero-order valence-electron chi connectivity index (χ0n) is 9.50. The first kappa shape index (κ1) is 13.5. The highest BCUT2D eigenvalue weighted by Crippen LogP contribution is 2.20. The molecule has 2 rings (SSSR count). The third-order valence-electron chi connectivity index (χ3n) is 2.49. The average Bonchev–Trinajstić information content (AvgIpc) is 2.34. The standard InChI is InChI=1S/C14H11BrClFO/c15-13-7-12(17)6-5-10(13)8-18-9-11-3-1-2-4-14(11)16/h1-7H,8-9H2. The van der Waals surface area contributed by atoms with E-state index < -0.39 is 0 Å². The lowest BCUT2D eigenvalue weighted by Gasteiger charge is -2.07. The van der Waals surface area contributed by atoms with Gasteiger partial charge < -0.3 is 4.74 Å². The summed E-state index contributed by atoms with van der Waals surface area (Å²) in [7, 11) is 0. The van der Waals surface area contributed by atoms with Gasteiger partial charge in [-0.2, -0.15) is 0 Å². The molecule has 0 heterocycles. The van der Waals surface area contributed by atoms with E-state index in [1.807, 2.05) is 24.3 Å². The molecule has 0 spiro atoms. The lowest BCUT2D eigenvalue weighted by molar-refractivity contribution is 0.107. The number of ether oxygens (including phenoxy) is 1. The molecule has 0 aliphatic heterocycles. The summed E-state index contributed by atoms with van der Waals surface area (Å²) in [6.07, 6.45) is 0. The molecule has 0 N–H and O–H groups in total. The second kappa shape index (κ2) is 6.32. The van der Waals surface area contributed by atoms with Crippen LogP contribution in [-0.4, -0.2) is 0 Å². The van der Waals surface area contributed by atoms with Crippen molar-refractivity contribution in [2.45, 2.75) is 13.2 Å². The minimum Gasteiger partial charge on any atom is -0.372 e. The molecule has 0 saturated carbocycles. The third-order valence-corrected chi connectivity index (χ3v) is 3.60. The number of halogens is 3. The van der Waals surface area contributed by atoms with Crippen molar-refractivity contribution in [2.24, 2.45) is 0 Å². The first-order valence-corrected chi connectivity index (χ1v) is 6.59. The molecule has 0 saturated heterocycles. The molecule has 0 atom stereocenters. The minimum absolute atomic E-state index is 0.267. The third kappa shape index (κ3) is 3.55. The van der Waals surface area contributed by atoms with Gasteiger partial charge in [0.2, 0.25) is 0 Å². The predicted molar refractivity (Wildman–Crippen MR) is 74.0 cm³/mol. The molecular weight excluding hydrogens is 319 g/mol. The Kier molecular flexibility index (Phi) is 4.75. The Labute approximate surface area is 119 Å². The van der Waals surface area contributed by atoms with Gasteiger partial charge in [-0.1, -0.05) is 51.8 Å². The highest BCUT2D eigenvalue weighted by molar-refractivity contribution is 9.10. The summed E-state index contributed by atoms with van der Waals surface area (Å²) in [5.41, 5.74) is 1.85. The van der Waals surface area contributed by atoms with Crippen LogP contribution in [0.4, 0.5) is 4.39 Å². The fraction of sp³-hybridized carbons (Fsp3) is 0.143. The highest BCUT2D eigenvalue weighted by atomic mass is 79.9. The zero-order chi connectivity index (χ0) is 13.0. The van der Waals surface area contributed by atoms with Crippen LogP contribution in [0, 0.1) is 5.82 Å². The largest absolute Gasteiger partial charge is 0.372 e. The molecule has 2 aromatic carbocycles. The lowest BCUT2D eigenvalue weighted by atomic mass is 10.2. The Hall–Kier alpha value is -0.900. The molecular formula is C14H11BrClFO. The Balaban J connectivity index is 1.95. The van der Waals surface area contributed by atoms with Gasteiger partial charge in [0.25, 0.3) is 0 Å². The van der Waals surface area contributed by atoms with Crippen molar-refractivity contribution in [1.29, 1.82) is 0 Å². The van der Waals surface area contributed by atoms with Gasteiger partial charge in [-0.3, -0.25) is 0 Å². The SMILES string of the molecule is Fc1ccc(COCc2ccccc2Cl)c(Br)c1. The van der Waals surface area contributed by atoms with E-state index in [1.165, 1.54) is 12.1 Å². The van der Waals surface area contributed by atoms with Crippen LogP contribution < -0.4 is 0 Å². The fourth-order valence-electron chi connectivity index (χ4n) is 1.53. The molecule has 1 nitrogen and oxygen atoms in total. The topological polar surface area (TPSA) is 9.23 Å². The maximum atomic E-state index is 12.9. The quantitative estimate of drug-likeness (QED) is 0.770. The van der Waals surface area contributed by atoms with Crippen LogP contribution in [0.3, 0.4) is 0 Å². The number of hydrogen-bond acceptors (Lipinski definition) is 1. The summed E-state index contributed by atoms with van der Waals surface area (Å²) >= 11 is 9.32. The lowest BCUT2D eigenvalue weighted by Crippen LogP contribution is -1.96. The molecule has 0 unspecified atom stereocenters. The Bertz CT molecular complexity index is 545. The maximum absolute atomic E-state index is 12.9. The second-order valence-electron chi connectivity index (χ2n) is 3.82. The van der Waals surface area contributed by atoms with Crippen LogP contribution in [0.1, 0.15) is 11.1 Å². The number of rotatable bonds is 4. The Morgan fingerprint density at radius 3 is 2.50 bits per heavy atom. The summed E-state index contributed by atoms with van der Waals surface area (Å²) in [5, 5.41) is 0.690. The van der Waals surface area contributed by atoms with Crippen LogP contribution in [0.2, 0.25) is 5.02 Å². The van der Waals surface area contributed by atoms with E-state index in [4.69, 9.17) is 16.3 Å². The first-order valence-electron chi connectivity index (χ1n) is 5.42. The van der Waals surface area contributed by atoms with E-state index in [0.717, 1.165) is 11.1 Å². The van der Waals surface area contributed by atoms with Crippen molar-refractivity contribution in [3.63, 3.8) is 0 Å². The average molecular weight is 330 g/mol. The van der Waals surface area contributed by atoms with Crippen LogP contribution in [0.15, 0.2) is 46.9 Å². The van der Waals surface area contributed by atoms with E-state index in [9.17, 15) is 4.39 Å². The molecule has 0 bridgehead atoms. The molecule has 0 amide bonds. The van der Waals surface area contributed by atoms with Crippen molar-refractivity contribution in [2.75, 3.05) is 0 Å². The molecule has 0 aliphatic rings. The Morgan fingerprint density at radius 1 is 1.06 bits per heavy atom. The molecule has 4 heteroatoms. The zero-order valence-corrected chi connectivity index (χ0v) is 11.8. The number of benzene rings is 2. The normalized spacial score (nSPS) is 10.6. The molecule has 0 aromatic heterocycles. The van der Waals surface area contributed by atoms with E-state index in [0.29, 0.717) is 22.7 Å². The highest BCUT2D eigenvalue weighted by Gasteiger charge is 2.03. The van der Waals surface area contributed by atoms with Crippen LogP contribution in [0.5, 0.6) is 0 Å². The predicted octanol–water partition coefficient (Wildman–Crippen LogP) is 4.96. The molecule has 2 aromatic rings. The fourth-order valence-corrected chi connectivity index (χ4v) is 2.18. The van der Waals surface area contributed by atoms with Crippen LogP contribution in [0.25, 0.3) is 0 Å². The van der Waals surface area contributed by atoms with Crippen LogP contribution in [-0.2, 0) is 18.0 Å². The van der Waals surface area contributed by atoms with Gasteiger partial charge in [-0.15, -0.1) is 0 Å². The Morgan fingerprint density at radius 2 is 1.78 bits per heavy atom. The van der Waals surface area contributed by atoms with Crippen molar-refractivity contribution in [3.8, 4) is 0 Å². The summed E-state index contributed by atoms with van der Waals surface area (Å²) < 4.78 is 19.2. The van der Waals surface area contributed by atoms with Gasteiger partial charge in [0.15, 0.2) is 0 Å². The number of hydrogen-bond donors (Lipinski definition) is 0. The maximum Gasteiger partial charge on any atom is 0.124 e. The van der Waals surface area contributed by atoms with E-state index >= 15 is 0 Å². The summed E-state index contributed by atoms with van der Waals surface area (Å²) in [6.45, 7) is 0.843. The molecule has 0 radical (unpaired) electrons. The summed E-state index contributed by atoms with van der Waals surface area (Å²) in [6, 6.07) is 12.1. The summed E-state index contributed by atoms with van der Waals surface area (Å²) in [4.78, 5) is 0. The molecule has 94 valence electrons. The van der Waals surface area contributed by atoms with Gasteiger partial charge in [0.1, 0.15) is 5.82 Å². The van der Waals surface area contributed by atoms with Crippen molar-refractivity contribution < 1.29 is 9.13 Å². The minimum atomic E-state index is -0.267. The van der Waals surface area contributed by atoms with Gasteiger partial charge in [0, 0.05) is 9.50 Å². The van der Waals surface area contributed by atoms with Gasteiger partial charge in [0.05, 0.1) is 13.2 Å². The van der Waals surface area contributed by atoms with Crippen molar-refractivity contribution >= 4 is 27.5 Å². The monoisotopic (exact) mass is 328 g/mol. The van der Waals surface area contributed by atoms with Gasteiger partial charge in [-0.25, -0.2) is 4.39 Å². The van der Waals surface area contributed by atoms with Gasteiger partial charge >= 0.3 is 0 Å². The second-order valence-corrected chi connectivity index (χ2v) is 5.08. The first-order chi connectivity index (χ1) is 8.66. The smallest absolute Gasteiger partial charge is 0.124 e. The van der Waals surface area contributed by atoms with Gasteiger partial charge in [-0.05, 0) is 29.3 Å². The summed E-state index contributed by atoms with van der Waals surface area (Å²) in [5.74, 6) is -0.267. The van der Waals surface area contributed by atoms with E-state index in [-0.39, 0.29) is 5.82 Å².